The molecule has 2 heterocycles. The molecule has 0 aliphatic carbocycles. The molecule has 150 valence electrons. The maximum atomic E-state index is 14.3. The number of halogens is 1. The summed E-state index contributed by atoms with van der Waals surface area (Å²) in [6.45, 7) is 0.496. The molecule has 3 aromatic carbocycles. The van der Waals surface area contributed by atoms with E-state index < -0.39 is 0 Å². The van der Waals surface area contributed by atoms with Crippen molar-refractivity contribution in [3.05, 3.63) is 84.3 Å². The number of methoxy groups -OCH3 is 2. The lowest BCUT2D eigenvalue weighted by Gasteiger charge is -2.15. The van der Waals surface area contributed by atoms with E-state index in [4.69, 9.17) is 13.9 Å². The zero-order chi connectivity index (χ0) is 20.7. The number of hydrogen-bond donors (Lipinski definition) is 0. The van der Waals surface area contributed by atoms with Crippen molar-refractivity contribution >= 4 is 21.9 Å². The van der Waals surface area contributed by atoms with Gasteiger partial charge in [-0.05, 0) is 42.0 Å². The molecule has 0 spiro atoms. The van der Waals surface area contributed by atoms with Gasteiger partial charge in [0, 0.05) is 23.5 Å². The second kappa shape index (κ2) is 7.26. The predicted molar refractivity (Wildman–Crippen MR) is 116 cm³/mol. The number of aromatic nitrogens is 1. The molecule has 0 fully saturated rings. The van der Waals surface area contributed by atoms with Crippen LogP contribution in [0, 0.1) is 5.82 Å². The van der Waals surface area contributed by atoms with Gasteiger partial charge in [-0.2, -0.15) is 0 Å². The predicted octanol–water partition coefficient (Wildman–Crippen LogP) is 6.26. The molecule has 0 N–H and O–H groups in total. The Morgan fingerprint density at radius 3 is 2.33 bits per heavy atom. The summed E-state index contributed by atoms with van der Waals surface area (Å²) < 4.78 is 33.2. The molecule has 30 heavy (non-hydrogen) atoms. The Labute approximate surface area is 173 Å². The van der Waals surface area contributed by atoms with Crippen molar-refractivity contribution in [3.8, 4) is 22.8 Å². The van der Waals surface area contributed by atoms with Crippen molar-refractivity contribution in [1.29, 1.82) is 0 Å². The third-order valence-corrected chi connectivity index (χ3v) is 5.34. The van der Waals surface area contributed by atoms with Crippen LogP contribution < -0.4 is 9.47 Å². The second-order valence-electron chi connectivity index (χ2n) is 7.14. The van der Waals surface area contributed by atoms with E-state index in [0.717, 1.165) is 33.1 Å². The first-order valence-corrected chi connectivity index (χ1v) is 9.65. The van der Waals surface area contributed by atoms with E-state index in [2.05, 4.69) is 6.07 Å². The van der Waals surface area contributed by atoms with Crippen LogP contribution in [0.25, 0.3) is 33.2 Å². The minimum atomic E-state index is -0.312. The Hall–Kier alpha value is -3.73. The summed E-state index contributed by atoms with van der Waals surface area (Å²) in [5.74, 6) is 0.947. The Bertz CT molecular complexity index is 1340. The summed E-state index contributed by atoms with van der Waals surface area (Å²) in [6, 6.07) is 21.1. The van der Waals surface area contributed by atoms with Crippen molar-refractivity contribution in [2.45, 2.75) is 6.54 Å². The van der Waals surface area contributed by atoms with Gasteiger partial charge in [-0.15, -0.1) is 0 Å². The second-order valence-corrected chi connectivity index (χ2v) is 7.14. The lowest BCUT2D eigenvalue weighted by Crippen LogP contribution is -2.02. The fourth-order valence-corrected chi connectivity index (χ4v) is 3.99. The number of para-hydroxylation sites is 1. The van der Waals surface area contributed by atoms with Crippen LogP contribution in [-0.4, -0.2) is 18.8 Å². The number of rotatable bonds is 5. The van der Waals surface area contributed by atoms with Gasteiger partial charge >= 0.3 is 0 Å². The van der Waals surface area contributed by atoms with Crippen LogP contribution >= 0.6 is 0 Å². The molecule has 0 bridgehead atoms. The first-order valence-electron chi connectivity index (χ1n) is 9.65. The summed E-state index contributed by atoms with van der Waals surface area (Å²) in [7, 11) is 3.19. The van der Waals surface area contributed by atoms with Crippen molar-refractivity contribution < 1.29 is 18.3 Å². The first-order chi connectivity index (χ1) is 14.7. The summed E-state index contributed by atoms with van der Waals surface area (Å²) in [4.78, 5) is 0. The highest BCUT2D eigenvalue weighted by atomic mass is 19.1. The molecule has 5 aromatic rings. The SMILES string of the molecule is COc1cccc(OC)c1-c1cc(F)cn1Cc1ccc2oc3ccccc3c2c1. The van der Waals surface area contributed by atoms with Gasteiger partial charge in [-0.1, -0.05) is 30.3 Å². The van der Waals surface area contributed by atoms with Crippen LogP contribution in [0.2, 0.25) is 0 Å². The molecule has 0 saturated heterocycles. The molecule has 0 aliphatic heterocycles. The highest BCUT2D eigenvalue weighted by molar-refractivity contribution is 6.05. The molecule has 4 nitrogen and oxygen atoms in total. The highest BCUT2D eigenvalue weighted by Crippen LogP contribution is 2.39. The van der Waals surface area contributed by atoms with Crippen LogP contribution in [0.4, 0.5) is 4.39 Å². The highest BCUT2D eigenvalue weighted by Gasteiger charge is 2.18. The fraction of sp³-hybridized carbons (Fsp3) is 0.120. The topological polar surface area (TPSA) is 36.5 Å². The summed E-state index contributed by atoms with van der Waals surface area (Å²) in [6.07, 6.45) is 1.50. The fourth-order valence-electron chi connectivity index (χ4n) is 3.99. The zero-order valence-corrected chi connectivity index (χ0v) is 16.7. The Balaban J connectivity index is 1.61. The van der Waals surface area contributed by atoms with Crippen LogP contribution in [0.1, 0.15) is 5.56 Å². The smallest absolute Gasteiger partial charge is 0.141 e. The van der Waals surface area contributed by atoms with E-state index in [0.29, 0.717) is 23.7 Å². The molecular formula is C25H20FNO3. The molecule has 0 atom stereocenters. The van der Waals surface area contributed by atoms with E-state index in [9.17, 15) is 4.39 Å². The largest absolute Gasteiger partial charge is 0.496 e. The van der Waals surface area contributed by atoms with Gasteiger partial charge in [0.15, 0.2) is 0 Å². The van der Waals surface area contributed by atoms with E-state index in [1.54, 1.807) is 14.2 Å². The van der Waals surface area contributed by atoms with Gasteiger partial charge in [0.1, 0.15) is 28.5 Å². The molecule has 5 heteroatoms. The number of fused-ring (bicyclic) bond motifs is 3. The summed E-state index contributed by atoms with van der Waals surface area (Å²) in [5, 5.41) is 2.12. The van der Waals surface area contributed by atoms with E-state index in [-0.39, 0.29) is 5.82 Å². The number of nitrogens with zero attached hydrogens (tertiary/aromatic N) is 1. The van der Waals surface area contributed by atoms with Crippen molar-refractivity contribution in [3.63, 3.8) is 0 Å². The van der Waals surface area contributed by atoms with Crippen LogP contribution in [0.5, 0.6) is 11.5 Å². The maximum Gasteiger partial charge on any atom is 0.141 e. The van der Waals surface area contributed by atoms with Crippen LogP contribution in [0.3, 0.4) is 0 Å². The number of benzene rings is 3. The molecule has 5 rings (SSSR count). The molecule has 0 aliphatic rings. The third kappa shape index (κ3) is 2.99. The zero-order valence-electron chi connectivity index (χ0n) is 16.7. The van der Waals surface area contributed by atoms with E-state index in [1.165, 1.54) is 12.3 Å². The van der Waals surface area contributed by atoms with Gasteiger partial charge in [0.05, 0.1) is 25.5 Å². The van der Waals surface area contributed by atoms with Gasteiger partial charge in [-0.25, -0.2) is 4.39 Å². The van der Waals surface area contributed by atoms with Crippen molar-refractivity contribution in [2.24, 2.45) is 0 Å². The van der Waals surface area contributed by atoms with Crippen LogP contribution in [0.15, 0.2) is 77.3 Å². The average Bonchev–Trinajstić information content (AvgIpc) is 3.32. The van der Waals surface area contributed by atoms with E-state index in [1.807, 2.05) is 59.2 Å². The standard InChI is InChI=1S/C25H20FNO3/c1-28-23-8-5-9-24(29-2)25(23)20-13-17(26)15-27(20)14-16-10-11-22-19(12-16)18-6-3-4-7-21(18)30-22/h3-13,15H,14H2,1-2H3. The molecule has 0 unspecified atom stereocenters. The van der Waals surface area contributed by atoms with Crippen molar-refractivity contribution in [2.75, 3.05) is 14.2 Å². The molecule has 2 aromatic heterocycles. The van der Waals surface area contributed by atoms with Gasteiger partial charge in [-0.3, -0.25) is 0 Å². The normalized spacial score (nSPS) is 11.3. The molecule has 0 radical (unpaired) electrons. The molecular weight excluding hydrogens is 381 g/mol. The summed E-state index contributed by atoms with van der Waals surface area (Å²) in [5.41, 5.74) is 4.15. The number of ether oxygens (including phenoxy) is 2. The first kappa shape index (κ1) is 18.3. The Kier molecular flexibility index (Phi) is 4.43. The quantitative estimate of drug-likeness (QED) is 0.349. The monoisotopic (exact) mass is 401 g/mol. The average molecular weight is 401 g/mol. The van der Waals surface area contributed by atoms with Gasteiger partial charge < -0.3 is 18.5 Å². The van der Waals surface area contributed by atoms with Crippen molar-refractivity contribution in [1.82, 2.24) is 4.57 Å². The molecule has 0 saturated carbocycles. The van der Waals surface area contributed by atoms with E-state index >= 15 is 0 Å². The maximum absolute atomic E-state index is 14.3. The summed E-state index contributed by atoms with van der Waals surface area (Å²) >= 11 is 0. The van der Waals surface area contributed by atoms with Gasteiger partial charge in [0.25, 0.3) is 0 Å². The number of furan rings is 1. The van der Waals surface area contributed by atoms with Gasteiger partial charge in [0.2, 0.25) is 0 Å². The van der Waals surface area contributed by atoms with Crippen LogP contribution in [-0.2, 0) is 6.54 Å². The number of hydrogen-bond acceptors (Lipinski definition) is 3. The third-order valence-electron chi connectivity index (χ3n) is 5.34. The Morgan fingerprint density at radius 1 is 0.833 bits per heavy atom. The minimum Gasteiger partial charge on any atom is -0.496 e. The minimum absolute atomic E-state index is 0.312. The lowest BCUT2D eigenvalue weighted by atomic mass is 10.1. The lowest BCUT2D eigenvalue weighted by molar-refractivity contribution is 0.397. The molecule has 0 amide bonds. The Morgan fingerprint density at radius 2 is 1.57 bits per heavy atom.